The van der Waals surface area contributed by atoms with Crippen molar-refractivity contribution in [1.82, 2.24) is 15.1 Å². The van der Waals surface area contributed by atoms with Gasteiger partial charge in [0.15, 0.2) is 0 Å². The van der Waals surface area contributed by atoms with Gasteiger partial charge in [-0.1, -0.05) is 0 Å². The smallest absolute Gasteiger partial charge is 0.339 e. The van der Waals surface area contributed by atoms with E-state index in [2.05, 4.69) is 10.4 Å². The number of aromatic nitrogens is 2. The fourth-order valence-electron chi connectivity index (χ4n) is 1.12. The van der Waals surface area contributed by atoms with Gasteiger partial charge in [0.2, 0.25) is 0 Å². The first-order chi connectivity index (χ1) is 7.07. The molecular formula is C8H11N3O4. The van der Waals surface area contributed by atoms with Crippen molar-refractivity contribution < 1.29 is 19.8 Å². The van der Waals surface area contributed by atoms with Crippen LogP contribution in [0.25, 0.3) is 0 Å². The third-order valence-corrected chi connectivity index (χ3v) is 1.78. The Balaban J connectivity index is 2.96. The maximum atomic E-state index is 11.5. The van der Waals surface area contributed by atoms with Gasteiger partial charge in [-0.15, -0.1) is 0 Å². The van der Waals surface area contributed by atoms with Crippen LogP contribution in [-0.2, 0) is 7.05 Å². The van der Waals surface area contributed by atoms with E-state index in [0.29, 0.717) is 0 Å². The lowest BCUT2D eigenvalue weighted by atomic mass is 10.2. The van der Waals surface area contributed by atoms with Gasteiger partial charge in [0.1, 0.15) is 11.3 Å². The SMILES string of the molecule is Cn1ncc(C(=O)O)c1C(=O)NCCO. The molecule has 15 heavy (non-hydrogen) atoms. The van der Waals surface area contributed by atoms with Crippen molar-refractivity contribution in [3.05, 3.63) is 17.5 Å². The predicted octanol–water partition coefficient (Wildman–Crippen LogP) is -1.16. The molecule has 7 heteroatoms. The van der Waals surface area contributed by atoms with E-state index in [-0.39, 0.29) is 24.4 Å². The molecular weight excluding hydrogens is 202 g/mol. The largest absolute Gasteiger partial charge is 0.478 e. The zero-order valence-electron chi connectivity index (χ0n) is 8.10. The highest BCUT2D eigenvalue weighted by Crippen LogP contribution is 2.06. The molecule has 1 heterocycles. The summed E-state index contributed by atoms with van der Waals surface area (Å²) in [6.45, 7) is -0.130. The summed E-state index contributed by atoms with van der Waals surface area (Å²) in [7, 11) is 1.47. The topological polar surface area (TPSA) is 104 Å². The van der Waals surface area contributed by atoms with Crippen LogP contribution < -0.4 is 5.32 Å². The van der Waals surface area contributed by atoms with Gasteiger partial charge in [0.25, 0.3) is 5.91 Å². The Morgan fingerprint density at radius 2 is 2.27 bits per heavy atom. The van der Waals surface area contributed by atoms with Crippen LogP contribution in [0.2, 0.25) is 0 Å². The fourth-order valence-corrected chi connectivity index (χ4v) is 1.12. The lowest BCUT2D eigenvalue weighted by Gasteiger charge is -2.04. The van der Waals surface area contributed by atoms with Gasteiger partial charge in [-0.05, 0) is 0 Å². The number of nitrogens with zero attached hydrogens (tertiary/aromatic N) is 2. The number of aryl methyl sites for hydroxylation is 1. The Bertz CT molecular complexity index is 385. The number of aliphatic hydroxyl groups is 1. The predicted molar refractivity (Wildman–Crippen MR) is 49.6 cm³/mol. The van der Waals surface area contributed by atoms with Crippen molar-refractivity contribution >= 4 is 11.9 Å². The summed E-state index contributed by atoms with van der Waals surface area (Å²) in [5.74, 6) is -1.78. The van der Waals surface area contributed by atoms with Crippen LogP contribution in [-0.4, -0.2) is 45.0 Å². The first kappa shape index (κ1) is 11.2. The summed E-state index contributed by atoms with van der Waals surface area (Å²) in [4.78, 5) is 22.2. The van der Waals surface area contributed by atoms with E-state index in [1.165, 1.54) is 11.7 Å². The number of aromatic carboxylic acids is 1. The monoisotopic (exact) mass is 213 g/mol. The second kappa shape index (κ2) is 4.56. The number of nitrogens with one attached hydrogen (secondary N) is 1. The Kier molecular flexibility index (Phi) is 3.40. The molecule has 0 aliphatic heterocycles. The van der Waals surface area contributed by atoms with Crippen LogP contribution in [0.15, 0.2) is 6.20 Å². The second-order valence-electron chi connectivity index (χ2n) is 2.82. The molecule has 3 N–H and O–H groups in total. The van der Waals surface area contributed by atoms with Crippen LogP contribution in [0, 0.1) is 0 Å². The Hall–Kier alpha value is -1.89. The molecule has 0 saturated carbocycles. The van der Waals surface area contributed by atoms with E-state index < -0.39 is 11.9 Å². The quantitative estimate of drug-likeness (QED) is 0.585. The van der Waals surface area contributed by atoms with E-state index in [1.54, 1.807) is 0 Å². The molecule has 0 spiro atoms. The van der Waals surface area contributed by atoms with Gasteiger partial charge in [0.05, 0.1) is 12.8 Å². The number of hydrogen-bond donors (Lipinski definition) is 3. The molecule has 0 fully saturated rings. The maximum absolute atomic E-state index is 11.5. The number of carboxylic acids is 1. The number of carboxylic acid groups (broad SMARTS) is 1. The average molecular weight is 213 g/mol. The maximum Gasteiger partial charge on any atom is 0.339 e. The summed E-state index contributed by atoms with van der Waals surface area (Å²) in [6, 6.07) is 0. The third-order valence-electron chi connectivity index (χ3n) is 1.78. The van der Waals surface area contributed by atoms with Gasteiger partial charge in [-0.25, -0.2) is 4.79 Å². The first-order valence-corrected chi connectivity index (χ1v) is 4.22. The average Bonchev–Trinajstić information content (AvgIpc) is 2.56. The standard InChI is InChI=1S/C8H11N3O4/c1-11-6(7(13)9-2-3-12)5(4-10-11)8(14)15/h4,12H,2-3H2,1H3,(H,9,13)(H,14,15). The van der Waals surface area contributed by atoms with E-state index in [9.17, 15) is 9.59 Å². The Morgan fingerprint density at radius 3 is 2.80 bits per heavy atom. The molecule has 0 unspecified atom stereocenters. The lowest BCUT2D eigenvalue weighted by molar-refractivity contribution is 0.0690. The minimum absolute atomic E-state index is 0.0315. The zero-order valence-corrected chi connectivity index (χ0v) is 8.10. The molecule has 0 bridgehead atoms. The van der Waals surface area contributed by atoms with Gasteiger partial charge in [-0.2, -0.15) is 5.10 Å². The molecule has 82 valence electrons. The van der Waals surface area contributed by atoms with E-state index in [0.717, 1.165) is 6.20 Å². The van der Waals surface area contributed by atoms with Crippen LogP contribution in [0.4, 0.5) is 0 Å². The minimum atomic E-state index is -1.21. The van der Waals surface area contributed by atoms with Crippen LogP contribution in [0.3, 0.4) is 0 Å². The summed E-state index contributed by atoms with van der Waals surface area (Å²) >= 11 is 0. The Morgan fingerprint density at radius 1 is 1.60 bits per heavy atom. The van der Waals surface area contributed by atoms with E-state index in [4.69, 9.17) is 10.2 Å². The number of carbonyl (C=O) groups excluding carboxylic acids is 1. The third kappa shape index (κ3) is 2.32. The number of aliphatic hydroxyl groups excluding tert-OH is 1. The van der Waals surface area contributed by atoms with Gasteiger partial charge < -0.3 is 15.5 Å². The zero-order chi connectivity index (χ0) is 11.4. The van der Waals surface area contributed by atoms with Crippen LogP contribution in [0.5, 0.6) is 0 Å². The highest BCUT2D eigenvalue weighted by Gasteiger charge is 2.20. The summed E-state index contributed by atoms with van der Waals surface area (Å²) in [5, 5.41) is 23.3. The van der Waals surface area contributed by atoms with Crippen molar-refractivity contribution in [2.75, 3.05) is 13.2 Å². The molecule has 0 atom stereocenters. The first-order valence-electron chi connectivity index (χ1n) is 4.22. The second-order valence-corrected chi connectivity index (χ2v) is 2.82. The number of rotatable bonds is 4. The van der Waals surface area contributed by atoms with Gasteiger partial charge in [0, 0.05) is 13.6 Å². The van der Waals surface area contributed by atoms with Crippen molar-refractivity contribution in [1.29, 1.82) is 0 Å². The number of carbonyl (C=O) groups is 2. The number of hydrogen-bond acceptors (Lipinski definition) is 4. The number of amides is 1. The molecule has 0 aliphatic rings. The molecule has 1 aromatic heterocycles. The van der Waals surface area contributed by atoms with Gasteiger partial charge >= 0.3 is 5.97 Å². The van der Waals surface area contributed by atoms with Crippen LogP contribution >= 0.6 is 0 Å². The fraction of sp³-hybridized carbons (Fsp3) is 0.375. The molecule has 1 aromatic rings. The molecule has 1 rings (SSSR count). The molecule has 1 amide bonds. The van der Waals surface area contributed by atoms with Crippen molar-refractivity contribution in [2.45, 2.75) is 0 Å². The normalized spacial score (nSPS) is 10.0. The highest BCUT2D eigenvalue weighted by atomic mass is 16.4. The van der Waals surface area contributed by atoms with E-state index in [1.807, 2.05) is 0 Å². The highest BCUT2D eigenvalue weighted by molar-refractivity contribution is 6.03. The lowest BCUT2D eigenvalue weighted by Crippen LogP contribution is -2.29. The summed E-state index contributed by atoms with van der Waals surface area (Å²) in [5.41, 5.74) is -0.191. The van der Waals surface area contributed by atoms with E-state index >= 15 is 0 Å². The molecule has 0 saturated heterocycles. The summed E-state index contributed by atoms with van der Waals surface area (Å²) < 4.78 is 1.18. The van der Waals surface area contributed by atoms with Crippen molar-refractivity contribution in [2.24, 2.45) is 7.05 Å². The van der Waals surface area contributed by atoms with Crippen molar-refractivity contribution in [3.63, 3.8) is 0 Å². The Labute approximate surface area is 85.3 Å². The van der Waals surface area contributed by atoms with Crippen molar-refractivity contribution in [3.8, 4) is 0 Å². The molecule has 7 nitrogen and oxygen atoms in total. The molecule has 0 radical (unpaired) electrons. The molecule has 0 aromatic carbocycles. The van der Waals surface area contributed by atoms with Crippen LogP contribution in [0.1, 0.15) is 20.8 Å². The molecule has 0 aliphatic carbocycles. The summed E-state index contributed by atoms with van der Waals surface area (Å²) in [6.07, 6.45) is 1.11. The van der Waals surface area contributed by atoms with Gasteiger partial charge in [-0.3, -0.25) is 9.48 Å². The minimum Gasteiger partial charge on any atom is -0.478 e.